The Balaban J connectivity index is 1.73. The van der Waals surface area contributed by atoms with E-state index in [1.165, 1.54) is 35.1 Å². The third-order valence-electron chi connectivity index (χ3n) is 4.05. The van der Waals surface area contributed by atoms with Gasteiger partial charge in [0.15, 0.2) is 0 Å². The van der Waals surface area contributed by atoms with Crippen molar-refractivity contribution in [3.8, 4) is 0 Å². The average molecular weight is 286 g/mol. The normalized spacial score (nSPS) is 14.9. The zero-order valence-electron chi connectivity index (χ0n) is 12.0. The number of thiophene rings is 1. The number of benzene rings is 1. The zero-order chi connectivity index (χ0) is 13.9. The van der Waals surface area contributed by atoms with Gasteiger partial charge in [-0.1, -0.05) is 18.2 Å². The van der Waals surface area contributed by atoms with Crippen molar-refractivity contribution < 1.29 is 0 Å². The van der Waals surface area contributed by atoms with Gasteiger partial charge in [0, 0.05) is 25.7 Å². The van der Waals surface area contributed by atoms with Crippen LogP contribution in [0.3, 0.4) is 0 Å². The lowest BCUT2D eigenvalue weighted by molar-refractivity contribution is 0.245. The zero-order valence-corrected chi connectivity index (χ0v) is 12.8. The predicted molar refractivity (Wildman–Crippen MR) is 85.7 cm³/mol. The fourth-order valence-corrected chi connectivity index (χ4v) is 3.31. The van der Waals surface area contributed by atoms with Crippen molar-refractivity contribution >= 4 is 11.3 Å². The molecule has 1 heterocycles. The van der Waals surface area contributed by atoms with Gasteiger partial charge in [-0.2, -0.15) is 11.3 Å². The molecule has 2 aromatic rings. The second kappa shape index (κ2) is 6.08. The van der Waals surface area contributed by atoms with Gasteiger partial charge < -0.3 is 5.73 Å². The third kappa shape index (κ3) is 3.29. The summed E-state index contributed by atoms with van der Waals surface area (Å²) in [6, 6.07) is 9.66. The molecule has 1 aromatic carbocycles. The minimum absolute atomic E-state index is 0.627. The van der Waals surface area contributed by atoms with Crippen LogP contribution in [0.1, 0.15) is 35.1 Å². The summed E-state index contributed by atoms with van der Waals surface area (Å²) in [5.74, 6) is 0. The highest BCUT2D eigenvalue weighted by Crippen LogP contribution is 2.30. The first kappa shape index (κ1) is 13.8. The first-order valence-electron chi connectivity index (χ1n) is 7.30. The number of hydrogen-bond donors (Lipinski definition) is 1. The molecule has 0 amide bonds. The fraction of sp³-hybridized carbons (Fsp3) is 0.412. The molecule has 0 saturated heterocycles. The Morgan fingerprint density at radius 1 is 1.20 bits per heavy atom. The van der Waals surface area contributed by atoms with E-state index in [4.69, 9.17) is 5.73 Å². The van der Waals surface area contributed by atoms with E-state index in [0.29, 0.717) is 6.54 Å². The lowest BCUT2D eigenvalue weighted by atomic mass is 10.0. The van der Waals surface area contributed by atoms with Gasteiger partial charge in [-0.15, -0.1) is 0 Å². The van der Waals surface area contributed by atoms with Crippen molar-refractivity contribution in [2.45, 2.75) is 45.4 Å². The molecule has 0 atom stereocenters. The molecule has 2 nitrogen and oxygen atoms in total. The fourth-order valence-electron chi connectivity index (χ4n) is 2.65. The first-order valence-corrected chi connectivity index (χ1v) is 8.24. The van der Waals surface area contributed by atoms with Crippen LogP contribution in [0.15, 0.2) is 35.0 Å². The number of hydrogen-bond acceptors (Lipinski definition) is 3. The molecule has 1 fully saturated rings. The van der Waals surface area contributed by atoms with E-state index in [0.717, 1.165) is 19.1 Å². The van der Waals surface area contributed by atoms with Gasteiger partial charge in [-0.3, -0.25) is 4.90 Å². The SMILES string of the molecule is Cc1cc(CN)ccc1CN(Cc1ccsc1)C1CC1. The molecular formula is C17H22N2S. The maximum atomic E-state index is 5.71. The maximum Gasteiger partial charge on any atom is 0.0248 e. The van der Waals surface area contributed by atoms with Crippen molar-refractivity contribution in [3.05, 3.63) is 57.3 Å². The molecule has 20 heavy (non-hydrogen) atoms. The van der Waals surface area contributed by atoms with Crippen LogP contribution >= 0.6 is 11.3 Å². The van der Waals surface area contributed by atoms with Crippen LogP contribution in [-0.4, -0.2) is 10.9 Å². The molecule has 0 unspecified atom stereocenters. The van der Waals surface area contributed by atoms with Crippen LogP contribution in [0.4, 0.5) is 0 Å². The summed E-state index contributed by atoms with van der Waals surface area (Å²) >= 11 is 1.79. The molecule has 1 aromatic heterocycles. The van der Waals surface area contributed by atoms with Crippen molar-refractivity contribution in [2.24, 2.45) is 5.73 Å². The van der Waals surface area contributed by atoms with E-state index in [9.17, 15) is 0 Å². The molecule has 1 aliphatic carbocycles. The van der Waals surface area contributed by atoms with Gasteiger partial charge in [0.05, 0.1) is 0 Å². The minimum Gasteiger partial charge on any atom is -0.326 e. The standard InChI is InChI=1S/C17H22N2S/c1-13-8-14(9-18)2-3-16(13)11-19(17-4-5-17)10-15-6-7-20-12-15/h2-3,6-8,12,17H,4-5,9-11,18H2,1H3. The summed E-state index contributed by atoms with van der Waals surface area (Å²) in [5, 5.41) is 4.43. The highest BCUT2D eigenvalue weighted by Gasteiger charge is 2.29. The lowest BCUT2D eigenvalue weighted by Gasteiger charge is -2.23. The summed E-state index contributed by atoms with van der Waals surface area (Å²) in [6.45, 7) is 4.95. The monoisotopic (exact) mass is 286 g/mol. The van der Waals surface area contributed by atoms with Crippen LogP contribution in [0, 0.1) is 6.92 Å². The molecule has 3 rings (SSSR count). The Kier molecular flexibility index (Phi) is 4.20. The number of nitrogens with two attached hydrogens (primary N) is 1. The van der Waals surface area contributed by atoms with Crippen molar-refractivity contribution in [1.29, 1.82) is 0 Å². The Hall–Kier alpha value is -1.16. The van der Waals surface area contributed by atoms with Crippen molar-refractivity contribution in [3.63, 3.8) is 0 Å². The summed E-state index contributed by atoms with van der Waals surface area (Å²) in [5.41, 5.74) is 11.2. The van der Waals surface area contributed by atoms with Crippen LogP contribution in [0.25, 0.3) is 0 Å². The van der Waals surface area contributed by atoms with Gasteiger partial charge in [0.1, 0.15) is 0 Å². The molecule has 0 aliphatic heterocycles. The Labute approximate surface area is 125 Å². The van der Waals surface area contributed by atoms with E-state index in [1.807, 2.05) is 0 Å². The molecule has 0 spiro atoms. The van der Waals surface area contributed by atoms with E-state index in [-0.39, 0.29) is 0 Å². The molecule has 106 valence electrons. The van der Waals surface area contributed by atoms with Crippen molar-refractivity contribution in [1.82, 2.24) is 4.90 Å². The summed E-state index contributed by atoms with van der Waals surface area (Å²) in [6.07, 6.45) is 2.70. The number of aryl methyl sites for hydroxylation is 1. The molecule has 0 bridgehead atoms. The third-order valence-corrected chi connectivity index (χ3v) is 4.78. The van der Waals surface area contributed by atoms with Crippen molar-refractivity contribution in [2.75, 3.05) is 0 Å². The lowest BCUT2D eigenvalue weighted by Crippen LogP contribution is -2.25. The van der Waals surface area contributed by atoms with Crippen LogP contribution in [0.5, 0.6) is 0 Å². The Bertz CT molecular complexity index is 558. The summed E-state index contributed by atoms with van der Waals surface area (Å²) in [7, 11) is 0. The number of nitrogens with zero attached hydrogens (tertiary/aromatic N) is 1. The largest absolute Gasteiger partial charge is 0.326 e. The van der Waals surface area contributed by atoms with E-state index >= 15 is 0 Å². The Morgan fingerprint density at radius 3 is 2.65 bits per heavy atom. The van der Waals surface area contributed by atoms with Crippen LogP contribution < -0.4 is 5.73 Å². The molecule has 1 aliphatic rings. The smallest absolute Gasteiger partial charge is 0.0248 e. The topological polar surface area (TPSA) is 29.3 Å². The summed E-state index contributed by atoms with van der Waals surface area (Å²) < 4.78 is 0. The summed E-state index contributed by atoms with van der Waals surface area (Å²) in [4.78, 5) is 2.62. The first-order chi connectivity index (χ1) is 9.76. The Morgan fingerprint density at radius 2 is 2.05 bits per heavy atom. The second-order valence-corrected chi connectivity index (χ2v) is 6.51. The van der Waals surface area contributed by atoms with Gasteiger partial charge in [-0.25, -0.2) is 0 Å². The number of rotatable bonds is 6. The molecule has 1 saturated carbocycles. The highest BCUT2D eigenvalue weighted by atomic mass is 32.1. The van der Waals surface area contributed by atoms with Crippen LogP contribution in [-0.2, 0) is 19.6 Å². The van der Waals surface area contributed by atoms with Gasteiger partial charge in [0.2, 0.25) is 0 Å². The van der Waals surface area contributed by atoms with Gasteiger partial charge >= 0.3 is 0 Å². The minimum atomic E-state index is 0.627. The maximum absolute atomic E-state index is 5.71. The van der Waals surface area contributed by atoms with Crippen LogP contribution in [0.2, 0.25) is 0 Å². The quantitative estimate of drug-likeness (QED) is 0.877. The van der Waals surface area contributed by atoms with Gasteiger partial charge in [0.25, 0.3) is 0 Å². The molecule has 3 heteroatoms. The second-order valence-electron chi connectivity index (χ2n) is 5.73. The molecule has 2 N–H and O–H groups in total. The van der Waals surface area contributed by atoms with E-state index in [2.05, 4.69) is 46.8 Å². The highest BCUT2D eigenvalue weighted by molar-refractivity contribution is 7.07. The van der Waals surface area contributed by atoms with E-state index < -0.39 is 0 Å². The molecule has 0 radical (unpaired) electrons. The van der Waals surface area contributed by atoms with E-state index in [1.54, 1.807) is 11.3 Å². The predicted octanol–water partition coefficient (Wildman–Crippen LogP) is 3.68. The average Bonchev–Trinajstić information content (AvgIpc) is 3.18. The molecular weight excluding hydrogens is 264 g/mol. The van der Waals surface area contributed by atoms with Gasteiger partial charge in [-0.05, 0) is 58.8 Å².